The Labute approximate surface area is 102 Å². The molecule has 2 bridgehead atoms. The Morgan fingerprint density at radius 3 is 2.82 bits per heavy atom. The van der Waals surface area contributed by atoms with Crippen molar-refractivity contribution in [3.63, 3.8) is 0 Å². The van der Waals surface area contributed by atoms with Crippen LogP contribution < -0.4 is 0 Å². The Morgan fingerprint density at radius 2 is 2.12 bits per heavy atom. The molecule has 3 unspecified atom stereocenters. The molecule has 90 valence electrons. The molecule has 0 aromatic heterocycles. The van der Waals surface area contributed by atoms with E-state index in [1.165, 1.54) is 30.9 Å². The highest BCUT2D eigenvalue weighted by Crippen LogP contribution is 2.57. The molecule has 0 spiro atoms. The van der Waals surface area contributed by atoms with Crippen molar-refractivity contribution >= 4 is 5.97 Å². The molecule has 0 N–H and O–H groups in total. The molecule has 2 aliphatic carbocycles. The van der Waals surface area contributed by atoms with Crippen molar-refractivity contribution in [3.05, 3.63) is 34.9 Å². The van der Waals surface area contributed by atoms with Gasteiger partial charge < -0.3 is 4.74 Å². The Kier molecular flexibility index (Phi) is 2.46. The lowest BCUT2D eigenvalue weighted by molar-refractivity contribution is -0.142. The maximum Gasteiger partial charge on any atom is 0.302 e. The van der Waals surface area contributed by atoms with Crippen LogP contribution in [0.15, 0.2) is 18.2 Å². The standard InChI is InChI=1S/C15H18O2/c1-9-4-3-5-12-11-6-7-13(15(9)12)14(11)8-17-10(2)16/h3-5,11,13-14H,6-8H2,1-2H3. The van der Waals surface area contributed by atoms with Crippen LogP contribution in [0.5, 0.6) is 0 Å². The summed E-state index contributed by atoms with van der Waals surface area (Å²) in [6.07, 6.45) is 2.52. The van der Waals surface area contributed by atoms with Crippen LogP contribution in [0.1, 0.15) is 48.3 Å². The maximum absolute atomic E-state index is 11.0. The molecule has 1 fully saturated rings. The van der Waals surface area contributed by atoms with Crippen LogP contribution in [0.2, 0.25) is 0 Å². The summed E-state index contributed by atoms with van der Waals surface area (Å²) in [5, 5.41) is 0. The van der Waals surface area contributed by atoms with E-state index in [0.717, 1.165) is 0 Å². The summed E-state index contributed by atoms with van der Waals surface area (Å²) in [4.78, 5) is 11.0. The summed E-state index contributed by atoms with van der Waals surface area (Å²) < 4.78 is 5.24. The number of rotatable bonds is 2. The Balaban J connectivity index is 1.89. The number of hydrogen-bond acceptors (Lipinski definition) is 2. The third-order valence-corrected chi connectivity index (χ3v) is 4.43. The van der Waals surface area contributed by atoms with Crippen LogP contribution in [0.4, 0.5) is 0 Å². The van der Waals surface area contributed by atoms with E-state index in [-0.39, 0.29) is 5.97 Å². The van der Waals surface area contributed by atoms with Gasteiger partial charge in [-0.25, -0.2) is 0 Å². The van der Waals surface area contributed by atoms with Gasteiger partial charge in [-0.3, -0.25) is 4.79 Å². The van der Waals surface area contributed by atoms with Gasteiger partial charge in [0.05, 0.1) is 6.61 Å². The molecular weight excluding hydrogens is 212 g/mol. The first-order chi connectivity index (χ1) is 8.18. The lowest BCUT2D eigenvalue weighted by Crippen LogP contribution is -2.14. The molecule has 1 aromatic carbocycles. The third kappa shape index (κ3) is 1.58. The fourth-order valence-corrected chi connectivity index (χ4v) is 3.79. The second-order valence-corrected chi connectivity index (χ2v) is 5.33. The number of benzene rings is 1. The van der Waals surface area contributed by atoms with E-state index in [1.807, 2.05) is 0 Å². The van der Waals surface area contributed by atoms with Crippen LogP contribution in [0.25, 0.3) is 0 Å². The minimum absolute atomic E-state index is 0.155. The van der Waals surface area contributed by atoms with Gasteiger partial charge in [-0.2, -0.15) is 0 Å². The number of carbonyl (C=O) groups excluding carboxylic acids is 1. The number of carbonyl (C=O) groups is 1. The van der Waals surface area contributed by atoms with Crippen LogP contribution >= 0.6 is 0 Å². The molecule has 0 saturated heterocycles. The number of esters is 1. The van der Waals surface area contributed by atoms with Crippen molar-refractivity contribution < 1.29 is 9.53 Å². The second-order valence-electron chi connectivity index (χ2n) is 5.33. The number of ether oxygens (including phenoxy) is 1. The number of hydrogen-bond donors (Lipinski definition) is 0. The van der Waals surface area contributed by atoms with Gasteiger partial charge in [-0.05, 0) is 48.3 Å². The molecule has 2 nitrogen and oxygen atoms in total. The van der Waals surface area contributed by atoms with Gasteiger partial charge in [0.1, 0.15) is 0 Å². The Morgan fingerprint density at radius 1 is 1.35 bits per heavy atom. The largest absolute Gasteiger partial charge is 0.466 e. The fraction of sp³-hybridized carbons (Fsp3) is 0.533. The van der Waals surface area contributed by atoms with Crippen LogP contribution in [0, 0.1) is 12.8 Å². The smallest absolute Gasteiger partial charge is 0.302 e. The zero-order valence-corrected chi connectivity index (χ0v) is 10.4. The van der Waals surface area contributed by atoms with Crippen LogP contribution in [-0.4, -0.2) is 12.6 Å². The molecule has 2 aliphatic rings. The topological polar surface area (TPSA) is 26.3 Å². The Bertz CT molecular complexity index is 464. The van der Waals surface area contributed by atoms with E-state index in [9.17, 15) is 4.79 Å². The molecule has 3 atom stereocenters. The molecule has 0 amide bonds. The third-order valence-electron chi connectivity index (χ3n) is 4.43. The van der Waals surface area contributed by atoms with E-state index in [2.05, 4.69) is 25.1 Å². The molecule has 2 heteroatoms. The summed E-state index contributed by atoms with van der Waals surface area (Å²) in [6.45, 7) is 4.29. The van der Waals surface area contributed by atoms with Gasteiger partial charge in [0.15, 0.2) is 0 Å². The van der Waals surface area contributed by atoms with Crippen molar-refractivity contribution in [2.24, 2.45) is 5.92 Å². The Hall–Kier alpha value is -1.31. The second kappa shape index (κ2) is 3.86. The highest BCUT2D eigenvalue weighted by molar-refractivity contribution is 5.66. The monoisotopic (exact) mass is 230 g/mol. The van der Waals surface area contributed by atoms with E-state index in [1.54, 1.807) is 5.56 Å². The van der Waals surface area contributed by atoms with Gasteiger partial charge in [-0.15, -0.1) is 0 Å². The summed E-state index contributed by atoms with van der Waals surface area (Å²) in [7, 11) is 0. The minimum atomic E-state index is -0.155. The summed E-state index contributed by atoms with van der Waals surface area (Å²) in [6, 6.07) is 6.60. The molecular formula is C15H18O2. The zero-order chi connectivity index (χ0) is 12.0. The molecule has 1 aromatic rings. The maximum atomic E-state index is 11.0. The summed E-state index contributed by atoms with van der Waals surface area (Å²) in [5.41, 5.74) is 4.46. The van der Waals surface area contributed by atoms with E-state index >= 15 is 0 Å². The summed E-state index contributed by atoms with van der Waals surface area (Å²) >= 11 is 0. The van der Waals surface area contributed by atoms with Crippen molar-refractivity contribution in [2.75, 3.05) is 6.61 Å². The minimum Gasteiger partial charge on any atom is -0.466 e. The van der Waals surface area contributed by atoms with Gasteiger partial charge in [0, 0.05) is 12.8 Å². The normalized spacial score (nSPS) is 29.2. The molecule has 0 heterocycles. The SMILES string of the molecule is CC(=O)OCC1C2CCC1c1c(C)cccc12. The summed E-state index contributed by atoms with van der Waals surface area (Å²) in [5.74, 6) is 1.61. The van der Waals surface area contributed by atoms with E-state index < -0.39 is 0 Å². The first kappa shape index (κ1) is 10.8. The van der Waals surface area contributed by atoms with E-state index in [4.69, 9.17) is 4.74 Å². The number of fused-ring (bicyclic) bond motifs is 5. The van der Waals surface area contributed by atoms with Crippen molar-refractivity contribution in [2.45, 2.75) is 38.5 Å². The molecule has 0 aliphatic heterocycles. The lowest BCUT2D eigenvalue weighted by Gasteiger charge is -2.16. The van der Waals surface area contributed by atoms with Crippen LogP contribution in [-0.2, 0) is 9.53 Å². The highest BCUT2D eigenvalue weighted by Gasteiger charge is 2.46. The molecule has 0 radical (unpaired) electrons. The van der Waals surface area contributed by atoms with E-state index in [0.29, 0.717) is 24.4 Å². The average molecular weight is 230 g/mol. The predicted octanol–water partition coefficient (Wildman–Crippen LogP) is 3.15. The average Bonchev–Trinajstić information content (AvgIpc) is 2.82. The molecule has 1 saturated carbocycles. The van der Waals surface area contributed by atoms with Gasteiger partial charge >= 0.3 is 5.97 Å². The van der Waals surface area contributed by atoms with Crippen molar-refractivity contribution in [1.29, 1.82) is 0 Å². The molecule has 3 rings (SSSR count). The van der Waals surface area contributed by atoms with Crippen LogP contribution in [0.3, 0.4) is 0 Å². The molecule has 17 heavy (non-hydrogen) atoms. The van der Waals surface area contributed by atoms with Gasteiger partial charge in [0.2, 0.25) is 0 Å². The van der Waals surface area contributed by atoms with Gasteiger partial charge in [0.25, 0.3) is 0 Å². The fourth-order valence-electron chi connectivity index (χ4n) is 3.79. The van der Waals surface area contributed by atoms with Crippen molar-refractivity contribution in [3.8, 4) is 0 Å². The lowest BCUT2D eigenvalue weighted by atomic mass is 9.89. The first-order valence-corrected chi connectivity index (χ1v) is 6.41. The van der Waals surface area contributed by atoms with Crippen molar-refractivity contribution in [1.82, 2.24) is 0 Å². The first-order valence-electron chi connectivity index (χ1n) is 6.41. The highest BCUT2D eigenvalue weighted by atomic mass is 16.5. The zero-order valence-electron chi connectivity index (χ0n) is 10.4. The van der Waals surface area contributed by atoms with Gasteiger partial charge in [-0.1, -0.05) is 18.2 Å². The number of aryl methyl sites for hydroxylation is 1. The quantitative estimate of drug-likeness (QED) is 0.729. The predicted molar refractivity (Wildman–Crippen MR) is 66.0 cm³/mol.